The quantitative estimate of drug-likeness (QED) is 0.718. The van der Waals surface area contributed by atoms with E-state index >= 15 is 0 Å². The molecule has 0 unspecified atom stereocenters. The molecule has 0 spiro atoms. The van der Waals surface area contributed by atoms with Gasteiger partial charge >= 0.3 is 6.03 Å². The predicted octanol–water partition coefficient (Wildman–Crippen LogP) is 1.94. The molecule has 2 heterocycles. The lowest BCUT2D eigenvalue weighted by Crippen LogP contribution is -2.54. The summed E-state index contributed by atoms with van der Waals surface area (Å²) in [5.41, 5.74) is 1.27. The molecule has 1 saturated carbocycles. The molecule has 1 N–H and O–H groups in total. The van der Waals surface area contributed by atoms with Crippen LogP contribution in [0.3, 0.4) is 0 Å². The summed E-state index contributed by atoms with van der Waals surface area (Å²) < 4.78 is 0. The zero-order valence-electron chi connectivity index (χ0n) is 17.3. The van der Waals surface area contributed by atoms with E-state index in [4.69, 9.17) is 5.11 Å². The Balaban J connectivity index is 1.47. The van der Waals surface area contributed by atoms with Gasteiger partial charge in [0.05, 0.1) is 6.54 Å². The third kappa shape index (κ3) is 4.91. The predicted molar refractivity (Wildman–Crippen MR) is 115 cm³/mol. The fraction of sp³-hybridized carbons (Fsp3) is 0.391. The first-order chi connectivity index (χ1) is 15.1. The summed E-state index contributed by atoms with van der Waals surface area (Å²) in [5, 5.41) is 9.01. The number of aromatic nitrogens is 1. The van der Waals surface area contributed by atoms with Gasteiger partial charge < -0.3 is 14.9 Å². The third-order valence-corrected chi connectivity index (χ3v) is 5.71. The van der Waals surface area contributed by atoms with Crippen molar-refractivity contribution in [1.82, 2.24) is 14.8 Å². The molecule has 1 aromatic heterocycles. The number of hydrogen-bond acceptors (Lipinski definition) is 5. The van der Waals surface area contributed by atoms with Crippen molar-refractivity contribution in [2.24, 2.45) is 5.92 Å². The van der Waals surface area contributed by atoms with Gasteiger partial charge in [-0.1, -0.05) is 30.3 Å². The van der Waals surface area contributed by atoms with Crippen LogP contribution in [0.4, 0.5) is 10.6 Å². The Morgan fingerprint density at radius 1 is 0.968 bits per heavy atom. The highest BCUT2D eigenvalue weighted by Crippen LogP contribution is 2.31. The molecule has 8 heteroatoms. The summed E-state index contributed by atoms with van der Waals surface area (Å²) in [5.74, 6) is 0.599. The Morgan fingerprint density at radius 2 is 1.65 bits per heavy atom. The van der Waals surface area contributed by atoms with E-state index in [-0.39, 0.29) is 23.6 Å². The topological polar surface area (TPSA) is 94.0 Å². The lowest BCUT2D eigenvalue weighted by molar-refractivity contribution is -0.133. The van der Waals surface area contributed by atoms with E-state index in [1.165, 1.54) is 0 Å². The number of aliphatic hydroxyl groups is 1. The maximum Gasteiger partial charge on any atom is 0.326 e. The van der Waals surface area contributed by atoms with Gasteiger partial charge in [-0.25, -0.2) is 9.78 Å². The molecule has 1 saturated heterocycles. The van der Waals surface area contributed by atoms with Gasteiger partial charge in [0.15, 0.2) is 5.78 Å². The molecule has 0 bridgehead atoms. The largest absolute Gasteiger partial charge is 0.388 e. The number of anilines is 1. The summed E-state index contributed by atoms with van der Waals surface area (Å²) in [6.07, 6.45) is 3.60. The van der Waals surface area contributed by atoms with Crippen molar-refractivity contribution < 1.29 is 19.5 Å². The van der Waals surface area contributed by atoms with Crippen LogP contribution in [-0.4, -0.2) is 70.4 Å². The highest BCUT2D eigenvalue weighted by atomic mass is 16.3. The van der Waals surface area contributed by atoms with Crippen molar-refractivity contribution >= 4 is 23.5 Å². The molecule has 2 aromatic rings. The molecule has 31 heavy (non-hydrogen) atoms. The van der Waals surface area contributed by atoms with E-state index in [0.29, 0.717) is 44.1 Å². The normalized spacial score (nSPS) is 16.2. The number of pyridine rings is 1. The summed E-state index contributed by atoms with van der Waals surface area (Å²) in [6, 6.07) is 12.1. The van der Waals surface area contributed by atoms with Gasteiger partial charge in [0, 0.05) is 43.9 Å². The van der Waals surface area contributed by atoms with Crippen molar-refractivity contribution in [2.45, 2.75) is 19.4 Å². The van der Waals surface area contributed by atoms with Gasteiger partial charge in [-0.15, -0.1) is 0 Å². The first kappa shape index (κ1) is 21.0. The number of ketones is 1. The van der Waals surface area contributed by atoms with Crippen LogP contribution in [-0.2, 0) is 11.3 Å². The van der Waals surface area contributed by atoms with Crippen molar-refractivity contribution in [3.05, 3.63) is 59.8 Å². The molecule has 1 aromatic carbocycles. The molecule has 2 fully saturated rings. The average Bonchev–Trinajstić information content (AvgIpc) is 3.68. The monoisotopic (exact) mass is 422 g/mol. The Hall–Kier alpha value is -3.26. The molecular formula is C23H26N4O4. The van der Waals surface area contributed by atoms with Crippen LogP contribution in [0.1, 0.15) is 28.8 Å². The number of aliphatic hydroxyl groups excluding tert-OH is 1. The second kappa shape index (κ2) is 9.26. The lowest BCUT2D eigenvalue weighted by Gasteiger charge is -2.37. The fourth-order valence-electron chi connectivity index (χ4n) is 3.71. The molecule has 162 valence electrons. The fourth-order valence-corrected chi connectivity index (χ4v) is 3.71. The number of amides is 3. The van der Waals surface area contributed by atoms with Gasteiger partial charge in [0.2, 0.25) is 5.91 Å². The van der Waals surface area contributed by atoms with Gasteiger partial charge in [0.25, 0.3) is 0 Å². The summed E-state index contributed by atoms with van der Waals surface area (Å²) in [4.78, 5) is 46.9. The zero-order chi connectivity index (χ0) is 21.8. The van der Waals surface area contributed by atoms with E-state index in [2.05, 4.69) is 4.98 Å². The molecule has 1 aliphatic carbocycles. The van der Waals surface area contributed by atoms with Crippen LogP contribution in [0.2, 0.25) is 0 Å². The number of carbonyl (C=O) groups is 3. The third-order valence-electron chi connectivity index (χ3n) is 5.71. The Labute approximate surface area is 181 Å². The van der Waals surface area contributed by atoms with Crippen LogP contribution < -0.4 is 4.90 Å². The van der Waals surface area contributed by atoms with Crippen molar-refractivity contribution in [3.8, 4) is 0 Å². The van der Waals surface area contributed by atoms with Crippen molar-refractivity contribution in [1.29, 1.82) is 0 Å². The van der Waals surface area contributed by atoms with Crippen LogP contribution in [0.25, 0.3) is 0 Å². The highest BCUT2D eigenvalue weighted by Gasteiger charge is 2.36. The van der Waals surface area contributed by atoms with Crippen molar-refractivity contribution in [2.75, 3.05) is 37.7 Å². The van der Waals surface area contributed by atoms with Crippen LogP contribution >= 0.6 is 0 Å². The number of benzene rings is 1. The standard InChI is InChI=1S/C23H26N4O4/c28-16-20(29)18-6-4-17(5-7-18)15-27(21-3-1-2-10-24-21)23(31)26-13-11-25(12-14-26)22(30)19-8-9-19/h1-7,10,19,28H,8-9,11-16H2. The first-order valence-electron chi connectivity index (χ1n) is 10.6. The molecule has 2 aliphatic rings. The summed E-state index contributed by atoms with van der Waals surface area (Å²) in [6.45, 7) is 1.84. The highest BCUT2D eigenvalue weighted by molar-refractivity contribution is 5.97. The Bertz CT molecular complexity index is 936. The van der Waals surface area contributed by atoms with Crippen LogP contribution in [0.5, 0.6) is 0 Å². The van der Waals surface area contributed by atoms with E-state index in [1.54, 1.807) is 52.4 Å². The number of piperazine rings is 1. The van der Waals surface area contributed by atoms with E-state index in [9.17, 15) is 14.4 Å². The molecular weight excluding hydrogens is 396 g/mol. The number of urea groups is 1. The van der Waals surface area contributed by atoms with Gasteiger partial charge in [-0.3, -0.25) is 14.5 Å². The molecule has 3 amide bonds. The smallest absolute Gasteiger partial charge is 0.326 e. The maximum absolute atomic E-state index is 13.4. The second-order valence-corrected chi connectivity index (χ2v) is 7.92. The number of rotatable bonds is 6. The number of nitrogens with zero attached hydrogens (tertiary/aromatic N) is 4. The molecule has 0 radical (unpaired) electrons. The molecule has 1 aliphatic heterocycles. The van der Waals surface area contributed by atoms with Crippen LogP contribution in [0.15, 0.2) is 48.7 Å². The van der Waals surface area contributed by atoms with Gasteiger partial charge in [-0.2, -0.15) is 0 Å². The average molecular weight is 422 g/mol. The van der Waals surface area contributed by atoms with Gasteiger partial charge in [-0.05, 0) is 30.5 Å². The van der Waals surface area contributed by atoms with Crippen LogP contribution in [0, 0.1) is 5.92 Å². The lowest BCUT2D eigenvalue weighted by atomic mass is 10.1. The number of carbonyl (C=O) groups excluding carboxylic acids is 3. The van der Waals surface area contributed by atoms with E-state index in [0.717, 1.165) is 18.4 Å². The number of hydrogen-bond donors (Lipinski definition) is 1. The van der Waals surface area contributed by atoms with Crippen molar-refractivity contribution in [3.63, 3.8) is 0 Å². The Kier molecular flexibility index (Phi) is 6.27. The van der Waals surface area contributed by atoms with Gasteiger partial charge in [0.1, 0.15) is 12.4 Å². The summed E-state index contributed by atoms with van der Waals surface area (Å²) >= 11 is 0. The SMILES string of the molecule is O=C(CO)c1ccc(CN(C(=O)N2CCN(C(=O)C3CC3)CC2)c2ccccn2)cc1. The van der Waals surface area contributed by atoms with E-state index in [1.807, 2.05) is 11.0 Å². The maximum atomic E-state index is 13.4. The minimum Gasteiger partial charge on any atom is -0.388 e. The number of Topliss-reactive ketones (excluding diaryl/α,β-unsaturated/α-hetero) is 1. The summed E-state index contributed by atoms with van der Waals surface area (Å²) in [7, 11) is 0. The zero-order valence-corrected chi connectivity index (χ0v) is 17.3. The molecule has 0 atom stereocenters. The molecule has 4 rings (SSSR count). The minimum absolute atomic E-state index is 0.160. The second-order valence-electron chi connectivity index (χ2n) is 7.92. The van der Waals surface area contributed by atoms with E-state index < -0.39 is 6.61 Å². The minimum atomic E-state index is -0.535. The first-order valence-corrected chi connectivity index (χ1v) is 10.6. The molecule has 8 nitrogen and oxygen atoms in total. The Morgan fingerprint density at radius 3 is 2.23 bits per heavy atom.